The summed E-state index contributed by atoms with van der Waals surface area (Å²) in [6, 6.07) is 0. The van der Waals surface area contributed by atoms with Gasteiger partial charge in [-0.2, -0.15) is 0 Å². The molecular formula is C11H17N3. The fourth-order valence-electron chi connectivity index (χ4n) is 1.70. The van der Waals surface area contributed by atoms with Crippen LogP contribution >= 0.6 is 0 Å². The van der Waals surface area contributed by atoms with E-state index in [4.69, 9.17) is 0 Å². The van der Waals surface area contributed by atoms with Gasteiger partial charge in [0.2, 0.25) is 0 Å². The quantitative estimate of drug-likeness (QED) is 0.791. The molecule has 2 rings (SSSR count). The average Bonchev–Trinajstić information content (AvgIpc) is 2.08. The monoisotopic (exact) mass is 191 g/mol. The Morgan fingerprint density at radius 2 is 2.29 bits per heavy atom. The fourth-order valence-corrected chi connectivity index (χ4v) is 1.70. The summed E-state index contributed by atoms with van der Waals surface area (Å²) in [5, 5.41) is 3.14. The maximum Gasteiger partial charge on any atom is 0.131 e. The van der Waals surface area contributed by atoms with Crippen molar-refractivity contribution in [3.63, 3.8) is 0 Å². The Balaban J connectivity index is 2.21. The summed E-state index contributed by atoms with van der Waals surface area (Å²) >= 11 is 0. The molecule has 0 unspecified atom stereocenters. The van der Waals surface area contributed by atoms with E-state index in [1.54, 1.807) is 0 Å². The topological polar surface area (TPSA) is 37.8 Å². The first-order valence-electron chi connectivity index (χ1n) is 5.28. The third kappa shape index (κ3) is 1.77. The van der Waals surface area contributed by atoms with E-state index in [1.807, 2.05) is 13.2 Å². The van der Waals surface area contributed by atoms with Crippen LogP contribution in [-0.4, -0.2) is 17.0 Å². The maximum absolute atomic E-state index is 4.61. The largest absolute Gasteiger partial charge is 0.314 e. The van der Waals surface area contributed by atoms with E-state index in [0.717, 1.165) is 18.1 Å². The van der Waals surface area contributed by atoms with Crippen molar-refractivity contribution in [3.8, 4) is 0 Å². The molecule has 1 fully saturated rings. The highest BCUT2D eigenvalue weighted by atomic mass is 14.9. The second-order valence-corrected chi connectivity index (χ2v) is 4.02. The number of rotatable bonds is 3. The van der Waals surface area contributed by atoms with E-state index in [0.29, 0.717) is 5.92 Å². The lowest BCUT2D eigenvalue weighted by atomic mass is 9.85. The van der Waals surface area contributed by atoms with Crippen molar-refractivity contribution in [2.24, 2.45) is 0 Å². The van der Waals surface area contributed by atoms with Crippen LogP contribution in [0.5, 0.6) is 0 Å². The van der Waals surface area contributed by atoms with E-state index in [1.165, 1.54) is 24.8 Å². The van der Waals surface area contributed by atoms with Crippen LogP contribution in [0.3, 0.4) is 0 Å². The second kappa shape index (κ2) is 4.05. The molecule has 3 nitrogen and oxygen atoms in total. The Hall–Kier alpha value is -0.960. The van der Waals surface area contributed by atoms with Crippen molar-refractivity contribution < 1.29 is 0 Å². The van der Waals surface area contributed by atoms with Gasteiger partial charge in [-0.3, -0.25) is 0 Å². The van der Waals surface area contributed by atoms with Crippen molar-refractivity contribution in [3.05, 3.63) is 23.3 Å². The summed E-state index contributed by atoms with van der Waals surface area (Å²) in [5.74, 6) is 1.68. The second-order valence-electron chi connectivity index (χ2n) is 4.02. The molecule has 14 heavy (non-hydrogen) atoms. The fraction of sp³-hybridized carbons (Fsp3) is 0.636. The molecule has 1 aromatic rings. The number of hydrogen-bond acceptors (Lipinski definition) is 3. The zero-order valence-corrected chi connectivity index (χ0v) is 8.88. The Labute approximate surface area is 85.0 Å². The molecule has 0 radical (unpaired) electrons. The van der Waals surface area contributed by atoms with E-state index >= 15 is 0 Å². The van der Waals surface area contributed by atoms with Crippen LogP contribution in [-0.2, 0) is 6.54 Å². The summed E-state index contributed by atoms with van der Waals surface area (Å²) in [6.07, 6.45) is 5.82. The molecule has 0 saturated heterocycles. The molecule has 0 amide bonds. The highest BCUT2D eigenvalue weighted by Gasteiger charge is 2.22. The smallest absolute Gasteiger partial charge is 0.131 e. The minimum absolute atomic E-state index is 0.631. The van der Waals surface area contributed by atoms with Crippen molar-refractivity contribution in [2.45, 2.75) is 38.6 Å². The molecule has 1 aromatic heterocycles. The number of nitrogens with one attached hydrogen (secondary N) is 1. The number of hydrogen-bond donors (Lipinski definition) is 1. The Bertz CT molecular complexity index is 318. The summed E-state index contributed by atoms with van der Waals surface area (Å²) in [7, 11) is 1.95. The highest BCUT2D eigenvalue weighted by Crippen LogP contribution is 2.34. The van der Waals surface area contributed by atoms with Crippen molar-refractivity contribution in [1.29, 1.82) is 0 Å². The summed E-state index contributed by atoms with van der Waals surface area (Å²) < 4.78 is 0. The van der Waals surface area contributed by atoms with Crippen LogP contribution < -0.4 is 5.32 Å². The predicted molar refractivity (Wildman–Crippen MR) is 56.1 cm³/mol. The van der Waals surface area contributed by atoms with Gasteiger partial charge in [-0.1, -0.05) is 6.42 Å². The molecule has 0 atom stereocenters. The lowest BCUT2D eigenvalue weighted by Crippen LogP contribution is -2.16. The van der Waals surface area contributed by atoms with E-state index in [-0.39, 0.29) is 0 Å². The van der Waals surface area contributed by atoms with Crippen LogP contribution in [0.4, 0.5) is 0 Å². The molecule has 1 aliphatic rings. The van der Waals surface area contributed by atoms with Gasteiger partial charge in [-0.25, -0.2) is 9.97 Å². The molecule has 3 heteroatoms. The maximum atomic E-state index is 4.61. The summed E-state index contributed by atoms with van der Waals surface area (Å²) in [6.45, 7) is 2.91. The van der Waals surface area contributed by atoms with Crippen LogP contribution in [0.25, 0.3) is 0 Å². The molecular weight excluding hydrogens is 174 g/mol. The van der Waals surface area contributed by atoms with Gasteiger partial charge in [0.15, 0.2) is 0 Å². The number of aryl methyl sites for hydroxylation is 1. The first-order valence-corrected chi connectivity index (χ1v) is 5.28. The zero-order chi connectivity index (χ0) is 9.97. The average molecular weight is 191 g/mol. The molecule has 0 aliphatic heterocycles. The minimum Gasteiger partial charge on any atom is -0.314 e. The van der Waals surface area contributed by atoms with Gasteiger partial charge in [0, 0.05) is 18.7 Å². The van der Waals surface area contributed by atoms with E-state index in [2.05, 4.69) is 22.2 Å². The van der Waals surface area contributed by atoms with Crippen LogP contribution in [0.15, 0.2) is 6.20 Å². The third-order valence-electron chi connectivity index (χ3n) is 2.91. The Kier molecular flexibility index (Phi) is 2.77. The standard InChI is InChI=1S/C11H17N3/c1-8-6-13-11(9-4-3-5-9)14-10(8)7-12-2/h6,9,12H,3-5,7H2,1-2H3. The molecule has 76 valence electrons. The van der Waals surface area contributed by atoms with Gasteiger partial charge >= 0.3 is 0 Å². The summed E-state index contributed by atoms with van der Waals surface area (Å²) in [5.41, 5.74) is 2.33. The molecule has 1 aliphatic carbocycles. The molecule has 0 aromatic carbocycles. The Morgan fingerprint density at radius 3 is 2.86 bits per heavy atom. The first-order chi connectivity index (χ1) is 6.81. The third-order valence-corrected chi connectivity index (χ3v) is 2.91. The van der Waals surface area contributed by atoms with Crippen LogP contribution in [0.2, 0.25) is 0 Å². The number of aromatic nitrogens is 2. The molecule has 0 spiro atoms. The lowest BCUT2D eigenvalue weighted by Gasteiger charge is -2.24. The molecule has 0 bridgehead atoms. The van der Waals surface area contributed by atoms with Gasteiger partial charge in [-0.05, 0) is 32.4 Å². The van der Waals surface area contributed by atoms with Gasteiger partial charge in [0.25, 0.3) is 0 Å². The van der Waals surface area contributed by atoms with Gasteiger partial charge in [0.1, 0.15) is 5.82 Å². The van der Waals surface area contributed by atoms with Crippen molar-refractivity contribution in [2.75, 3.05) is 7.05 Å². The normalized spacial score (nSPS) is 16.7. The molecule has 1 saturated carbocycles. The van der Waals surface area contributed by atoms with Gasteiger partial charge < -0.3 is 5.32 Å². The predicted octanol–water partition coefficient (Wildman–Crippen LogP) is 1.77. The van der Waals surface area contributed by atoms with E-state index < -0.39 is 0 Å². The van der Waals surface area contributed by atoms with Crippen molar-refractivity contribution in [1.82, 2.24) is 15.3 Å². The van der Waals surface area contributed by atoms with E-state index in [9.17, 15) is 0 Å². The first kappa shape index (κ1) is 9.59. The Morgan fingerprint density at radius 1 is 1.50 bits per heavy atom. The SMILES string of the molecule is CNCc1nc(C2CCC2)ncc1C. The van der Waals surface area contributed by atoms with Crippen molar-refractivity contribution >= 4 is 0 Å². The molecule has 1 N–H and O–H groups in total. The van der Waals surface area contributed by atoms with Gasteiger partial charge in [0.05, 0.1) is 5.69 Å². The van der Waals surface area contributed by atoms with Crippen LogP contribution in [0, 0.1) is 6.92 Å². The molecule has 1 heterocycles. The van der Waals surface area contributed by atoms with Crippen LogP contribution in [0.1, 0.15) is 42.3 Å². The van der Waals surface area contributed by atoms with Gasteiger partial charge in [-0.15, -0.1) is 0 Å². The number of nitrogens with zero attached hydrogens (tertiary/aromatic N) is 2. The minimum atomic E-state index is 0.631. The highest BCUT2D eigenvalue weighted by molar-refractivity contribution is 5.17. The summed E-state index contributed by atoms with van der Waals surface area (Å²) in [4.78, 5) is 9.01. The lowest BCUT2D eigenvalue weighted by molar-refractivity contribution is 0.399. The zero-order valence-electron chi connectivity index (χ0n) is 8.88.